The largest absolute Gasteiger partial charge is 0.416 e. The number of alkyl halides is 3. The maximum absolute atomic E-state index is 13.8. The second-order valence-electron chi connectivity index (χ2n) is 7.96. The zero-order valence-corrected chi connectivity index (χ0v) is 21.2. The first-order valence-electron chi connectivity index (χ1n) is 10.5. The van der Waals surface area contributed by atoms with Crippen molar-refractivity contribution in [2.45, 2.75) is 39.9 Å². The molecule has 2 aromatic rings. The number of hydrogen-bond acceptors (Lipinski definition) is 3. The number of ether oxygens (including phenoxy) is 1. The van der Waals surface area contributed by atoms with Gasteiger partial charge in [0.15, 0.2) is 5.96 Å². The van der Waals surface area contributed by atoms with E-state index in [0.29, 0.717) is 30.7 Å². The Morgan fingerprint density at radius 2 is 2.06 bits per heavy atom. The van der Waals surface area contributed by atoms with Crippen molar-refractivity contribution in [3.63, 3.8) is 0 Å². The molecule has 0 amide bonds. The maximum Gasteiger partial charge on any atom is 0.416 e. The summed E-state index contributed by atoms with van der Waals surface area (Å²) in [6.07, 6.45) is -3.50. The molecule has 178 valence electrons. The Labute approximate surface area is 204 Å². The van der Waals surface area contributed by atoms with E-state index in [2.05, 4.69) is 15.4 Å². The molecule has 2 heterocycles. The van der Waals surface area contributed by atoms with Crippen molar-refractivity contribution >= 4 is 29.9 Å². The summed E-state index contributed by atoms with van der Waals surface area (Å²) in [4.78, 5) is 6.45. The van der Waals surface area contributed by atoms with Gasteiger partial charge in [-0.15, -0.1) is 24.0 Å². The molecule has 1 unspecified atom stereocenters. The van der Waals surface area contributed by atoms with E-state index < -0.39 is 11.7 Å². The van der Waals surface area contributed by atoms with Crippen LogP contribution in [-0.2, 0) is 17.5 Å². The number of hydrogen-bond donors (Lipinski definition) is 1. The average Bonchev–Trinajstić information content (AvgIpc) is 3.33. The van der Waals surface area contributed by atoms with Crippen molar-refractivity contribution in [2.75, 3.05) is 33.4 Å². The molecule has 3 rings (SSSR count). The number of aromatic nitrogens is 2. The summed E-state index contributed by atoms with van der Waals surface area (Å²) in [6.45, 7) is 8.33. The second-order valence-corrected chi connectivity index (χ2v) is 7.96. The highest BCUT2D eigenvalue weighted by atomic mass is 127. The third-order valence-electron chi connectivity index (χ3n) is 5.30. The van der Waals surface area contributed by atoms with Crippen LogP contribution in [0.1, 0.15) is 35.9 Å². The van der Waals surface area contributed by atoms with Gasteiger partial charge in [0.1, 0.15) is 0 Å². The van der Waals surface area contributed by atoms with Crippen LogP contribution in [0, 0.1) is 19.8 Å². The van der Waals surface area contributed by atoms with Crippen LogP contribution in [0.4, 0.5) is 13.2 Å². The molecule has 1 saturated heterocycles. The zero-order valence-electron chi connectivity index (χ0n) is 18.9. The van der Waals surface area contributed by atoms with Crippen molar-refractivity contribution < 1.29 is 17.9 Å². The van der Waals surface area contributed by atoms with Crippen LogP contribution in [0.2, 0.25) is 0 Å². The van der Waals surface area contributed by atoms with E-state index in [0.717, 1.165) is 37.0 Å². The Balaban J connectivity index is 0.00000363. The molecule has 1 aromatic heterocycles. The monoisotopic (exact) mass is 565 g/mol. The fourth-order valence-electron chi connectivity index (χ4n) is 3.82. The van der Waals surface area contributed by atoms with Crippen LogP contribution in [0.5, 0.6) is 0 Å². The molecular formula is C22H31F3IN5O. The van der Waals surface area contributed by atoms with Gasteiger partial charge in [-0.25, -0.2) is 9.67 Å². The van der Waals surface area contributed by atoms with Crippen LogP contribution < -0.4 is 5.32 Å². The minimum atomic E-state index is -4.48. The van der Waals surface area contributed by atoms with Gasteiger partial charge in [0, 0.05) is 38.4 Å². The molecule has 1 atom stereocenters. The fourth-order valence-corrected chi connectivity index (χ4v) is 3.82. The van der Waals surface area contributed by atoms with E-state index in [9.17, 15) is 13.2 Å². The van der Waals surface area contributed by atoms with Gasteiger partial charge >= 0.3 is 6.18 Å². The Hall–Kier alpha value is -1.82. The molecule has 32 heavy (non-hydrogen) atoms. The normalized spacial score (nSPS) is 16.7. The Bertz CT molecular complexity index is 923. The highest BCUT2D eigenvalue weighted by Gasteiger charge is 2.34. The van der Waals surface area contributed by atoms with Crippen molar-refractivity contribution in [1.29, 1.82) is 0 Å². The van der Waals surface area contributed by atoms with Gasteiger partial charge in [-0.2, -0.15) is 18.3 Å². The number of rotatable bonds is 6. The Morgan fingerprint density at radius 1 is 1.31 bits per heavy atom. The van der Waals surface area contributed by atoms with Crippen LogP contribution in [0.3, 0.4) is 0 Å². The highest BCUT2D eigenvalue weighted by molar-refractivity contribution is 14.0. The molecule has 1 fully saturated rings. The summed E-state index contributed by atoms with van der Waals surface area (Å²) in [5.74, 6) is 0.991. The SMILES string of the molecule is CCNC(=NCc1ccc(-n2nc(C)cc2C)cc1C(F)(F)F)N(C)CC1CCOC1.I. The summed E-state index contributed by atoms with van der Waals surface area (Å²) < 4.78 is 48.4. The van der Waals surface area contributed by atoms with E-state index >= 15 is 0 Å². The number of nitrogens with zero attached hydrogens (tertiary/aromatic N) is 4. The summed E-state index contributed by atoms with van der Waals surface area (Å²) >= 11 is 0. The first-order valence-corrected chi connectivity index (χ1v) is 10.5. The van der Waals surface area contributed by atoms with Crippen LogP contribution in [-0.4, -0.2) is 54.0 Å². The van der Waals surface area contributed by atoms with Crippen molar-refractivity contribution in [1.82, 2.24) is 20.0 Å². The molecular weight excluding hydrogens is 534 g/mol. The van der Waals surface area contributed by atoms with E-state index in [1.807, 2.05) is 38.8 Å². The molecule has 1 aliphatic heterocycles. The minimum absolute atomic E-state index is 0. The zero-order chi connectivity index (χ0) is 22.6. The fraction of sp³-hybridized carbons (Fsp3) is 0.545. The van der Waals surface area contributed by atoms with Crippen LogP contribution >= 0.6 is 24.0 Å². The van der Waals surface area contributed by atoms with E-state index in [4.69, 9.17) is 4.74 Å². The molecule has 0 bridgehead atoms. The number of benzene rings is 1. The number of aliphatic imine (C=N–C) groups is 1. The van der Waals surface area contributed by atoms with E-state index in [-0.39, 0.29) is 36.1 Å². The number of guanidine groups is 1. The summed E-state index contributed by atoms with van der Waals surface area (Å²) in [5.41, 5.74) is 1.36. The molecule has 0 radical (unpaired) electrons. The molecule has 0 spiro atoms. The van der Waals surface area contributed by atoms with Gasteiger partial charge in [-0.1, -0.05) is 6.07 Å². The van der Waals surface area contributed by atoms with Crippen LogP contribution in [0.15, 0.2) is 29.3 Å². The minimum Gasteiger partial charge on any atom is -0.381 e. The van der Waals surface area contributed by atoms with Gasteiger partial charge < -0.3 is 15.0 Å². The second kappa shape index (κ2) is 11.4. The lowest BCUT2D eigenvalue weighted by Crippen LogP contribution is -2.41. The molecule has 1 aliphatic rings. The molecule has 0 saturated carbocycles. The smallest absolute Gasteiger partial charge is 0.381 e. The summed E-state index contributed by atoms with van der Waals surface area (Å²) in [7, 11) is 1.90. The first-order chi connectivity index (χ1) is 14.7. The predicted octanol–water partition coefficient (Wildman–Crippen LogP) is 4.56. The standard InChI is InChI=1S/C22H30F3N5O.HI/c1-5-26-21(29(4)13-17-8-9-31-14-17)27-12-18-6-7-19(11-20(18)22(23,24)25)30-16(3)10-15(2)28-30;/h6-7,10-11,17H,5,8-9,12-14H2,1-4H3,(H,26,27);1H. The van der Waals surface area contributed by atoms with Gasteiger partial charge in [0.25, 0.3) is 0 Å². The third-order valence-corrected chi connectivity index (χ3v) is 5.30. The maximum atomic E-state index is 13.8. The third kappa shape index (κ3) is 6.60. The van der Waals surface area contributed by atoms with E-state index in [1.165, 1.54) is 10.7 Å². The topological polar surface area (TPSA) is 54.7 Å². The van der Waals surface area contributed by atoms with Crippen molar-refractivity contribution in [3.8, 4) is 5.69 Å². The van der Waals surface area contributed by atoms with Gasteiger partial charge in [-0.3, -0.25) is 0 Å². The molecule has 1 aromatic carbocycles. The average molecular weight is 565 g/mol. The number of aryl methyl sites for hydroxylation is 2. The lowest BCUT2D eigenvalue weighted by molar-refractivity contribution is -0.138. The number of nitrogens with one attached hydrogen (secondary N) is 1. The Morgan fingerprint density at radius 3 is 2.62 bits per heavy atom. The van der Waals surface area contributed by atoms with E-state index in [1.54, 1.807) is 6.07 Å². The lowest BCUT2D eigenvalue weighted by Gasteiger charge is -2.24. The number of halogens is 4. The predicted molar refractivity (Wildman–Crippen MR) is 130 cm³/mol. The quantitative estimate of drug-likeness (QED) is 0.317. The molecule has 6 nitrogen and oxygen atoms in total. The first kappa shape index (κ1) is 26.4. The molecule has 0 aliphatic carbocycles. The summed E-state index contributed by atoms with van der Waals surface area (Å²) in [6, 6.07) is 6.13. The van der Waals surface area contributed by atoms with Crippen molar-refractivity contribution in [3.05, 3.63) is 46.8 Å². The Kier molecular flexibility index (Phi) is 9.38. The van der Waals surface area contributed by atoms with Gasteiger partial charge in [0.2, 0.25) is 0 Å². The van der Waals surface area contributed by atoms with Gasteiger partial charge in [-0.05, 0) is 51.0 Å². The summed E-state index contributed by atoms with van der Waals surface area (Å²) in [5, 5.41) is 7.47. The van der Waals surface area contributed by atoms with Gasteiger partial charge in [0.05, 0.1) is 30.1 Å². The van der Waals surface area contributed by atoms with Crippen LogP contribution in [0.25, 0.3) is 5.69 Å². The molecule has 1 N–H and O–H groups in total. The highest BCUT2D eigenvalue weighted by Crippen LogP contribution is 2.34. The molecule has 10 heteroatoms. The van der Waals surface area contributed by atoms with Crippen molar-refractivity contribution in [2.24, 2.45) is 10.9 Å². The lowest BCUT2D eigenvalue weighted by atomic mass is 10.1.